The smallest absolute Gasteiger partial charge is 0.209 e. The molecular weight excluding hydrogens is 266 g/mol. The molecule has 2 rings (SSSR count). The van der Waals surface area contributed by atoms with Crippen molar-refractivity contribution in [3.63, 3.8) is 0 Å². The number of carboxylic acid groups (broad SMARTS) is 1. The molecule has 0 N–H and O–H groups in total. The number of ketones is 1. The van der Waals surface area contributed by atoms with Gasteiger partial charge in [0.1, 0.15) is 0 Å². The van der Waals surface area contributed by atoms with E-state index in [1.807, 2.05) is 0 Å². The Morgan fingerprint density at radius 1 is 1.16 bits per heavy atom. The zero-order valence-corrected chi connectivity index (χ0v) is 11.0. The van der Waals surface area contributed by atoms with Crippen LogP contribution in [0.1, 0.15) is 21.7 Å². The van der Waals surface area contributed by atoms with E-state index < -0.39 is 5.97 Å². The van der Waals surface area contributed by atoms with Crippen LogP contribution in [0.25, 0.3) is 0 Å². The number of aliphatic carboxylic acids is 1. The van der Waals surface area contributed by atoms with E-state index in [-0.39, 0.29) is 12.2 Å². The van der Waals surface area contributed by atoms with E-state index in [9.17, 15) is 14.7 Å². The van der Waals surface area contributed by atoms with Gasteiger partial charge in [-0.25, -0.2) is 0 Å². The lowest BCUT2D eigenvalue weighted by molar-refractivity contribution is -0.304. The molecule has 0 radical (unpaired) electrons. The van der Waals surface area contributed by atoms with Crippen LogP contribution in [0.2, 0.25) is 5.02 Å². The van der Waals surface area contributed by atoms with Gasteiger partial charge in [0.25, 0.3) is 0 Å². The minimum absolute atomic E-state index is 0.177. The molecule has 0 saturated heterocycles. The van der Waals surface area contributed by atoms with Crippen molar-refractivity contribution in [3.05, 3.63) is 58.4 Å². The van der Waals surface area contributed by atoms with Crippen molar-refractivity contribution in [2.24, 2.45) is 7.05 Å². The van der Waals surface area contributed by atoms with E-state index in [1.165, 1.54) is 0 Å². The Morgan fingerprint density at radius 3 is 2.37 bits per heavy atom. The fourth-order valence-corrected chi connectivity index (χ4v) is 1.98. The monoisotopic (exact) mass is 276 g/mol. The van der Waals surface area contributed by atoms with Gasteiger partial charge in [-0.05, 0) is 36.4 Å². The third-order valence-electron chi connectivity index (χ3n) is 2.89. The molecule has 0 unspecified atom stereocenters. The summed E-state index contributed by atoms with van der Waals surface area (Å²) in [6.45, 7) is 0. The molecule has 98 valence electrons. The highest BCUT2D eigenvalue weighted by Gasteiger charge is 2.14. The summed E-state index contributed by atoms with van der Waals surface area (Å²) in [5.41, 5.74) is 1.46. The van der Waals surface area contributed by atoms with Crippen LogP contribution in [-0.2, 0) is 18.3 Å². The van der Waals surface area contributed by atoms with Gasteiger partial charge >= 0.3 is 0 Å². The standard InChI is InChI=1S/C14H12ClNO3/c1-16-11(8-13(17)18)6-7-12(16)14(19)9-2-4-10(15)5-3-9/h2-7H,8H2,1H3,(H,17,18)/p-1. The Labute approximate surface area is 115 Å². The molecule has 19 heavy (non-hydrogen) atoms. The number of carboxylic acids is 1. The summed E-state index contributed by atoms with van der Waals surface area (Å²) in [7, 11) is 1.65. The Bertz CT molecular complexity index is 629. The minimum Gasteiger partial charge on any atom is -0.550 e. The fourth-order valence-electron chi connectivity index (χ4n) is 1.86. The molecule has 0 spiro atoms. The van der Waals surface area contributed by atoms with E-state index in [0.29, 0.717) is 22.0 Å². The second-order valence-electron chi connectivity index (χ2n) is 4.15. The van der Waals surface area contributed by atoms with Crippen molar-refractivity contribution in [1.29, 1.82) is 0 Å². The molecule has 0 aliphatic heterocycles. The lowest BCUT2D eigenvalue weighted by Gasteiger charge is -2.08. The van der Waals surface area contributed by atoms with Gasteiger partial charge in [0, 0.05) is 35.7 Å². The van der Waals surface area contributed by atoms with Gasteiger partial charge in [-0.2, -0.15) is 0 Å². The second-order valence-corrected chi connectivity index (χ2v) is 4.59. The third kappa shape index (κ3) is 2.85. The second kappa shape index (κ2) is 5.28. The van der Waals surface area contributed by atoms with E-state index in [2.05, 4.69) is 0 Å². The van der Waals surface area contributed by atoms with Crippen LogP contribution in [0, 0.1) is 0 Å². The van der Waals surface area contributed by atoms with Crippen molar-refractivity contribution in [3.8, 4) is 0 Å². The fraction of sp³-hybridized carbons (Fsp3) is 0.143. The normalized spacial score (nSPS) is 10.4. The van der Waals surface area contributed by atoms with E-state index in [4.69, 9.17) is 11.6 Å². The summed E-state index contributed by atoms with van der Waals surface area (Å²) in [6, 6.07) is 9.76. The summed E-state index contributed by atoms with van der Waals surface area (Å²) in [5, 5.41) is 11.1. The molecule has 0 aliphatic carbocycles. The zero-order valence-electron chi connectivity index (χ0n) is 10.2. The number of carbonyl (C=O) groups is 2. The molecule has 0 aliphatic rings. The molecular formula is C14H11ClNO3-. The molecule has 0 atom stereocenters. The minimum atomic E-state index is -1.17. The van der Waals surface area contributed by atoms with Crippen LogP contribution in [-0.4, -0.2) is 16.3 Å². The van der Waals surface area contributed by atoms with Gasteiger partial charge in [-0.3, -0.25) is 4.79 Å². The predicted octanol–water partition coefficient (Wildman–Crippen LogP) is 1.20. The van der Waals surface area contributed by atoms with Crippen LogP contribution < -0.4 is 5.11 Å². The molecule has 1 aromatic heterocycles. The van der Waals surface area contributed by atoms with Crippen molar-refractivity contribution in [1.82, 2.24) is 4.57 Å². The number of hydrogen-bond donors (Lipinski definition) is 0. The molecule has 4 nitrogen and oxygen atoms in total. The average Bonchev–Trinajstić information content (AvgIpc) is 2.70. The van der Waals surface area contributed by atoms with E-state index in [1.54, 1.807) is 48.0 Å². The number of hydrogen-bond acceptors (Lipinski definition) is 3. The maximum atomic E-state index is 12.3. The molecule has 1 aromatic carbocycles. The highest BCUT2D eigenvalue weighted by Crippen LogP contribution is 2.16. The first-order chi connectivity index (χ1) is 8.99. The van der Waals surface area contributed by atoms with Gasteiger partial charge in [0.15, 0.2) is 0 Å². The SMILES string of the molecule is Cn1c(CC(=O)[O-])ccc1C(=O)c1ccc(Cl)cc1. The van der Waals surface area contributed by atoms with Crippen LogP contribution in [0.15, 0.2) is 36.4 Å². The summed E-state index contributed by atoms with van der Waals surface area (Å²) < 4.78 is 1.56. The van der Waals surface area contributed by atoms with Gasteiger partial charge in [-0.15, -0.1) is 0 Å². The number of carbonyl (C=O) groups excluding carboxylic acids is 2. The topological polar surface area (TPSA) is 62.1 Å². The highest BCUT2D eigenvalue weighted by molar-refractivity contribution is 6.30. The summed E-state index contributed by atoms with van der Waals surface area (Å²) in [6.07, 6.45) is -0.218. The summed E-state index contributed by atoms with van der Waals surface area (Å²) >= 11 is 5.77. The van der Waals surface area contributed by atoms with Crippen molar-refractivity contribution < 1.29 is 14.7 Å². The lowest BCUT2D eigenvalue weighted by Crippen LogP contribution is -2.25. The van der Waals surface area contributed by atoms with Crippen LogP contribution in [0.5, 0.6) is 0 Å². The Balaban J connectivity index is 2.32. The quantitative estimate of drug-likeness (QED) is 0.789. The lowest BCUT2D eigenvalue weighted by atomic mass is 10.1. The van der Waals surface area contributed by atoms with Gasteiger partial charge in [-0.1, -0.05) is 11.6 Å². The first-order valence-electron chi connectivity index (χ1n) is 5.63. The Morgan fingerprint density at radius 2 is 1.79 bits per heavy atom. The van der Waals surface area contributed by atoms with Crippen molar-refractivity contribution >= 4 is 23.4 Å². The average molecular weight is 277 g/mol. The summed E-state index contributed by atoms with van der Waals surface area (Å²) in [4.78, 5) is 22.8. The van der Waals surface area contributed by atoms with Crippen LogP contribution >= 0.6 is 11.6 Å². The predicted molar refractivity (Wildman–Crippen MR) is 69.0 cm³/mol. The Hall–Kier alpha value is -2.07. The Kier molecular flexibility index (Phi) is 3.71. The first-order valence-corrected chi connectivity index (χ1v) is 6.01. The molecule has 0 saturated carbocycles. The molecule has 0 amide bonds. The van der Waals surface area contributed by atoms with E-state index in [0.717, 1.165) is 0 Å². The van der Waals surface area contributed by atoms with Crippen molar-refractivity contribution in [2.75, 3.05) is 0 Å². The molecule has 5 heteroatoms. The molecule has 0 bridgehead atoms. The molecule has 1 heterocycles. The van der Waals surface area contributed by atoms with Crippen molar-refractivity contribution in [2.45, 2.75) is 6.42 Å². The molecule has 2 aromatic rings. The maximum absolute atomic E-state index is 12.3. The third-order valence-corrected chi connectivity index (χ3v) is 3.14. The summed E-state index contributed by atoms with van der Waals surface area (Å²) in [5.74, 6) is -1.35. The molecule has 0 fully saturated rings. The number of benzene rings is 1. The first kappa shape index (κ1) is 13.4. The largest absolute Gasteiger partial charge is 0.550 e. The number of halogens is 1. The number of nitrogens with zero attached hydrogens (tertiary/aromatic N) is 1. The van der Waals surface area contributed by atoms with Gasteiger partial charge in [0.2, 0.25) is 5.78 Å². The number of aromatic nitrogens is 1. The highest BCUT2D eigenvalue weighted by atomic mass is 35.5. The number of rotatable bonds is 4. The van der Waals surface area contributed by atoms with Crippen LogP contribution in [0.3, 0.4) is 0 Å². The zero-order chi connectivity index (χ0) is 14.0. The van der Waals surface area contributed by atoms with Crippen LogP contribution in [0.4, 0.5) is 0 Å². The maximum Gasteiger partial charge on any atom is 0.209 e. The van der Waals surface area contributed by atoms with Gasteiger partial charge < -0.3 is 14.5 Å². The van der Waals surface area contributed by atoms with E-state index >= 15 is 0 Å². The van der Waals surface area contributed by atoms with Gasteiger partial charge in [0.05, 0.1) is 5.69 Å².